The summed E-state index contributed by atoms with van der Waals surface area (Å²) in [5.41, 5.74) is 1.64. The van der Waals surface area contributed by atoms with Gasteiger partial charge in [0.2, 0.25) is 5.91 Å². The SMILES string of the molecule is O=C(O)COc1ccc(NC(=O)C2CCCOC2c2ccccc2)cc1. The first-order valence-electron chi connectivity index (χ1n) is 8.55. The zero-order valence-corrected chi connectivity index (χ0v) is 14.3. The van der Waals surface area contributed by atoms with Crippen LogP contribution in [0.5, 0.6) is 5.75 Å². The number of hydrogen-bond acceptors (Lipinski definition) is 4. The van der Waals surface area contributed by atoms with Gasteiger partial charge in [-0.3, -0.25) is 4.79 Å². The van der Waals surface area contributed by atoms with Gasteiger partial charge in [0.25, 0.3) is 0 Å². The van der Waals surface area contributed by atoms with Gasteiger partial charge in [0.15, 0.2) is 6.61 Å². The molecule has 1 amide bonds. The molecule has 26 heavy (non-hydrogen) atoms. The highest BCUT2D eigenvalue weighted by atomic mass is 16.5. The molecule has 0 saturated carbocycles. The molecule has 1 fully saturated rings. The number of anilines is 1. The summed E-state index contributed by atoms with van der Waals surface area (Å²) >= 11 is 0. The van der Waals surface area contributed by atoms with E-state index < -0.39 is 12.6 Å². The predicted molar refractivity (Wildman–Crippen MR) is 96.1 cm³/mol. The molecule has 2 aromatic carbocycles. The molecule has 1 saturated heterocycles. The van der Waals surface area contributed by atoms with E-state index in [1.165, 1.54) is 0 Å². The Hall–Kier alpha value is -2.86. The maximum absolute atomic E-state index is 12.8. The lowest BCUT2D eigenvalue weighted by Gasteiger charge is -2.31. The maximum atomic E-state index is 12.8. The predicted octanol–water partition coefficient (Wildman–Crippen LogP) is 3.26. The van der Waals surface area contributed by atoms with Gasteiger partial charge in [-0.15, -0.1) is 0 Å². The molecule has 0 aromatic heterocycles. The summed E-state index contributed by atoms with van der Waals surface area (Å²) in [6.45, 7) is 0.253. The number of rotatable bonds is 6. The Kier molecular flexibility index (Phi) is 5.86. The van der Waals surface area contributed by atoms with E-state index in [9.17, 15) is 9.59 Å². The lowest BCUT2D eigenvalue weighted by atomic mass is 9.88. The molecule has 0 aliphatic carbocycles. The van der Waals surface area contributed by atoms with Crippen molar-refractivity contribution in [1.29, 1.82) is 0 Å². The number of nitrogens with one attached hydrogen (secondary N) is 1. The topological polar surface area (TPSA) is 84.9 Å². The van der Waals surface area contributed by atoms with Gasteiger partial charge in [-0.1, -0.05) is 30.3 Å². The van der Waals surface area contributed by atoms with Gasteiger partial charge in [-0.25, -0.2) is 4.79 Å². The second-order valence-corrected chi connectivity index (χ2v) is 6.15. The largest absolute Gasteiger partial charge is 0.482 e. The highest BCUT2D eigenvalue weighted by Crippen LogP contribution is 2.34. The van der Waals surface area contributed by atoms with E-state index in [0.717, 1.165) is 18.4 Å². The standard InChI is InChI=1S/C20H21NO5/c22-18(23)13-26-16-10-8-15(9-11-16)21-20(24)17-7-4-12-25-19(17)14-5-2-1-3-6-14/h1-3,5-6,8-11,17,19H,4,7,12-13H2,(H,21,24)(H,22,23). The minimum Gasteiger partial charge on any atom is -0.482 e. The third kappa shape index (κ3) is 4.61. The molecule has 2 aromatic rings. The molecule has 3 rings (SSSR count). The minimum absolute atomic E-state index is 0.0854. The molecule has 1 aliphatic rings. The van der Waals surface area contributed by atoms with Crippen LogP contribution in [0.15, 0.2) is 54.6 Å². The molecule has 136 valence electrons. The number of carboxylic acid groups (broad SMARTS) is 1. The van der Waals surface area contributed by atoms with Crippen molar-refractivity contribution in [3.05, 3.63) is 60.2 Å². The third-order valence-electron chi connectivity index (χ3n) is 4.27. The zero-order valence-electron chi connectivity index (χ0n) is 14.3. The smallest absolute Gasteiger partial charge is 0.341 e. The molecule has 2 unspecified atom stereocenters. The Labute approximate surface area is 151 Å². The lowest BCUT2D eigenvalue weighted by molar-refractivity contribution is -0.139. The van der Waals surface area contributed by atoms with E-state index in [1.54, 1.807) is 24.3 Å². The van der Waals surface area contributed by atoms with Crippen molar-refractivity contribution in [3.63, 3.8) is 0 Å². The van der Waals surface area contributed by atoms with Crippen molar-refractivity contribution in [2.24, 2.45) is 5.92 Å². The zero-order chi connectivity index (χ0) is 18.4. The summed E-state index contributed by atoms with van der Waals surface area (Å²) in [6.07, 6.45) is 1.37. The molecule has 6 heteroatoms. The molecule has 6 nitrogen and oxygen atoms in total. The van der Waals surface area contributed by atoms with Crippen LogP contribution in [0.1, 0.15) is 24.5 Å². The van der Waals surface area contributed by atoms with Crippen LogP contribution in [0.25, 0.3) is 0 Å². The average Bonchev–Trinajstić information content (AvgIpc) is 2.68. The van der Waals surface area contributed by atoms with Crippen molar-refractivity contribution >= 4 is 17.6 Å². The summed E-state index contributed by atoms with van der Waals surface area (Å²) in [4.78, 5) is 23.3. The Morgan fingerprint density at radius 3 is 2.54 bits per heavy atom. The second kappa shape index (κ2) is 8.49. The van der Waals surface area contributed by atoms with E-state index in [-0.39, 0.29) is 17.9 Å². The van der Waals surface area contributed by atoms with Crippen LogP contribution < -0.4 is 10.1 Å². The molecular formula is C20H21NO5. The summed E-state index contributed by atoms with van der Waals surface area (Å²) < 4.78 is 11.0. The Balaban J connectivity index is 1.65. The number of ether oxygens (including phenoxy) is 2. The van der Waals surface area contributed by atoms with Crippen molar-refractivity contribution < 1.29 is 24.2 Å². The van der Waals surface area contributed by atoms with Gasteiger partial charge in [-0.2, -0.15) is 0 Å². The van der Waals surface area contributed by atoms with Gasteiger partial charge in [0.05, 0.1) is 12.0 Å². The van der Waals surface area contributed by atoms with E-state index in [1.807, 2.05) is 30.3 Å². The van der Waals surface area contributed by atoms with Crippen molar-refractivity contribution in [2.75, 3.05) is 18.5 Å². The lowest BCUT2D eigenvalue weighted by Crippen LogP contribution is -2.33. The van der Waals surface area contributed by atoms with Gasteiger partial charge in [-0.05, 0) is 42.7 Å². The summed E-state index contributed by atoms with van der Waals surface area (Å²) in [6, 6.07) is 16.4. The maximum Gasteiger partial charge on any atom is 0.341 e. The van der Waals surface area contributed by atoms with Crippen LogP contribution in [0.2, 0.25) is 0 Å². The number of benzene rings is 2. The number of hydrogen-bond donors (Lipinski definition) is 2. The summed E-state index contributed by atoms with van der Waals surface area (Å²) in [7, 11) is 0. The molecule has 1 heterocycles. The highest BCUT2D eigenvalue weighted by Gasteiger charge is 2.33. The Bertz CT molecular complexity index is 745. The van der Waals surface area contributed by atoms with Crippen LogP contribution >= 0.6 is 0 Å². The first-order valence-corrected chi connectivity index (χ1v) is 8.55. The normalized spacial score (nSPS) is 19.5. The van der Waals surface area contributed by atoms with E-state index >= 15 is 0 Å². The summed E-state index contributed by atoms with van der Waals surface area (Å²) in [5, 5.41) is 11.5. The van der Waals surface area contributed by atoms with Crippen LogP contribution in [0.4, 0.5) is 5.69 Å². The number of aliphatic carboxylic acids is 1. The van der Waals surface area contributed by atoms with Gasteiger partial charge < -0.3 is 19.9 Å². The monoisotopic (exact) mass is 355 g/mol. The Morgan fingerprint density at radius 1 is 1.12 bits per heavy atom. The van der Waals surface area contributed by atoms with Crippen molar-refractivity contribution in [2.45, 2.75) is 18.9 Å². The molecule has 0 spiro atoms. The second-order valence-electron chi connectivity index (χ2n) is 6.15. The molecule has 1 aliphatic heterocycles. The number of carbonyl (C=O) groups is 2. The van der Waals surface area contributed by atoms with Crippen molar-refractivity contribution in [1.82, 2.24) is 0 Å². The number of carbonyl (C=O) groups excluding carboxylic acids is 1. The highest BCUT2D eigenvalue weighted by molar-refractivity contribution is 5.93. The third-order valence-corrected chi connectivity index (χ3v) is 4.27. The first-order chi connectivity index (χ1) is 12.6. The quantitative estimate of drug-likeness (QED) is 0.831. The Morgan fingerprint density at radius 2 is 1.85 bits per heavy atom. The molecule has 2 atom stereocenters. The van der Waals surface area contributed by atoms with Crippen LogP contribution in [0.3, 0.4) is 0 Å². The average molecular weight is 355 g/mol. The van der Waals surface area contributed by atoms with Crippen LogP contribution in [-0.4, -0.2) is 30.2 Å². The molecule has 2 N–H and O–H groups in total. The summed E-state index contributed by atoms with van der Waals surface area (Å²) in [5.74, 6) is -0.938. The number of amides is 1. The van der Waals surface area contributed by atoms with Gasteiger partial charge in [0.1, 0.15) is 5.75 Å². The van der Waals surface area contributed by atoms with E-state index in [4.69, 9.17) is 14.6 Å². The fourth-order valence-electron chi connectivity index (χ4n) is 3.04. The van der Waals surface area contributed by atoms with Gasteiger partial charge >= 0.3 is 5.97 Å². The fourth-order valence-corrected chi connectivity index (χ4v) is 3.04. The molecule has 0 bridgehead atoms. The van der Waals surface area contributed by atoms with Crippen LogP contribution in [0, 0.1) is 5.92 Å². The molecular weight excluding hydrogens is 334 g/mol. The minimum atomic E-state index is -1.04. The van der Waals surface area contributed by atoms with E-state index in [2.05, 4.69) is 5.32 Å². The fraction of sp³-hybridized carbons (Fsp3) is 0.300. The first kappa shape index (κ1) is 17.9. The van der Waals surface area contributed by atoms with Crippen LogP contribution in [-0.2, 0) is 14.3 Å². The van der Waals surface area contributed by atoms with Gasteiger partial charge in [0, 0.05) is 12.3 Å². The van der Waals surface area contributed by atoms with E-state index in [0.29, 0.717) is 18.0 Å². The number of carboxylic acids is 1. The van der Waals surface area contributed by atoms with Crippen molar-refractivity contribution in [3.8, 4) is 5.75 Å². The molecule has 0 radical (unpaired) electrons.